The summed E-state index contributed by atoms with van der Waals surface area (Å²) in [6.07, 6.45) is 1.98. The molecule has 0 unspecified atom stereocenters. The van der Waals surface area contributed by atoms with Crippen molar-refractivity contribution in [1.29, 1.82) is 0 Å². The first kappa shape index (κ1) is 29.9. The number of fused-ring (bicyclic) bond motifs is 3. The average Bonchev–Trinajstić information content (AvgIpc) is 3.55. The second-order valence-electron chi connectivity index (χ2n) is 13.0. The summed E-state index contributed by atoms with van der Waals surface area (Å²) < 4.78 is 2.33. The van der Waals surface area contributed by atoms with Crippen molar-refractivity contribution >= 4 is 32.6 Å². The summed E-state index contributed by atoms with van der Waals surface area (Å²) in [5.74, 6) is 1.11. The minimum absolute atomic E-state index is 0.934. The first-order chi connectivity index (χ1) is 24.8. The van der Waals surface area contributed by atoms with Crippen molar-refractivity contribution in [1.82, 2.24) is 9.55 Å². The van der Waals surface area contributed by atoms with E-state index in [1.54, 1.807) is 0 Å². The number of nitrogens with zero attached hydrogens (tertiary/aromatic N) is 2. The van der Waals surface area contributed by atoms with Crippen LogP contribution in [-0.4, -0.2) is 9.55 Å². The van der Waals surface area contributed by atoms with Gasteiger partial charge in [-0.05, 0) is 103 Å². The SMILES string of the molecule is CCCc1nc2ccccc2n1-c1ccc(-c2c3ccccc3c(-c3ccc(-c4ccccc4)cc3)c3cc(-c4ccccc4)ccc23)cc1. The van der Waals surface area contributed by atoms with Crippen molar-refractivity contribution in [2.75, 3.05) is 0 Å². The molecule has 1 heterocycles. The number of aromatic nitrogens is 2. The minimum Gasteiger partial charge on any atom is -0.296 e. The molecule has 0 atom stereocenters. The minimum atomic E-state index is 0.934. The Labute approximate surface area is 292 Å². The molecule has 0 N–H and O–H groups in total. The Morgan fingerprint density at radius 3 is 1.56 bits per heavy atom. The topological polar surface area (TPSA) is 17.8 Å². The van der Waals surface area contributed by atoms with E-state index in [9.17, 15) is 0 Å². The molecule has 0 saturated heterocycles. The molecule has 8 aromatic carbocycles. The van der Waals surface area contributed by atoms with Gasteiger partial charge in [-0.15, -0.1) is 0 Å². The predicted octanol–water partition coefficient (Wildman–Crippen LogP) is 13.0. The summed E-state index contributed by atoms with van der Waals surface area (Å²) in [6.45, 7) is 2.22. The number of benzene rings is 8. The van der Waals surface area contributed by atoms with E-state index < -0.39 is 0 Å². The van der Waals surface area contributed by atoms with E-state index in [-0.39, 0.29) is 0 Å². The maximum atomic E-state index is 5.00. The van der Waals surface area contributed by atoms with Gasteiger partial charge in [-0.2, -0.15) is 0 Å². The fourth-order valence-electron chi connectivity index (χ4n) is 7.60. The second-order valence-corrected chi connectivity index (χ2v) is 13.0. The maximum absolute atomic E-state index is 5.00. The first-order valence-corrected chi connectivity index (χ1v) is 17.5. The van der Waals surface area contributed by atoms with Crippen molar-refractivity contribution in [3.05, 3.63) is 182 Å². The van der Waals surface area contributed by atoms with Crippen LogP contribution in [0.4, 0.5) is 0 Å². The molecular weight excluding hydrogens is 605 g/mol. The standard InChI is InChI=1S/C48H36N2/c1-2-13-46-49-44-20-11-12-21-45(44)50(46)39-29-26-37(27-30-39)47-40-18-9-10-19-41(40)48(36-24-22-35(23-25-36)33-14-5-3-6-15-33)43-32-38(28-31-42(43)47)34-16-7-4-8-17-34/h3-12,14-32H,2,13H2,1H3. The van der Waals surface area contributed by atoms with Gasteiger partial charge in [-0.1, -0.05) is 153 Å². The van der Waals surface area contributed by atoms with Crippen LogP contribution in [0.3, 0.4) is 0 Å². The van der Waals surface area contributed by atoms with Gasteiger partial charge in [0.1, 0.15) is 5.82 Å². The molecule has 0 saturated carbocycles. The van der Waals surface area contributed by atoms with Gasteiger partial charge in [0.15, 0.2) is 0 Å². The van der Waals surface area contributed by atoms with Crippen molar-refractivity contribution in [3.8, 4) is 50.2 Å². The molecule has 0 bridgehead atoms. The van der Waals surface area contributed by atoms with Gasteiger partial charge in [0, 0.05) is 12.1 Å². The number of imidazole rings is 1. The van der Waals surface area contributed by atoms with Crippen LogP contribution in [0.15, 0.2) is 176 Å². The van der Waals surface area contributed by atoms with Crippen molar-refractivity contribution < 1.29 is 0 Å². The molecule has 50 heavy (non-hydrogen) atoms. The highest BCUT2D eigenvalue weighted by Crippen LogP contribution is 2.45. The van der Waals surface area contributed by atoms with E-state index in [2.05, 4.69) is 187 Å². The number of hydrogen-bond donors (Lipinski definition) is 0. The van der Waals surface area contributed by atoms with Gasteiger partial charge in [0.05, 0.1) is 11.0 Å². The summed E-state index contributed by atoms with van der Waals surface area (Å²) in [7, 11) is 0. The molecule has 2 heteroatoms. The smallest absolute Gasteiger partial charge is 0.114 e. The Bertz CT molecular complexity index is 2610. The normalized spacial score (nSPS) is 11.5. The lowest BCUT2D eigenvalue weighted by atomic mass is 9.84. The maximum Gasteiger partial charge on any atom is 0.114 e. The van der Waals surface area contributed by atoms with Crippen LogP contribution in [0.1, 0.15) is 19.2 Å². The second kappa shape index (κ2) is 12.7. The zero-order chi connectivity index (χ0) is 33.4. The Morgan fingerprint density at radius 1 is 0.420 bits per heavy atom. The van der Waals surface area contributed by atoms with Crippen molar-refractivity contribution in [2.24, 2.45) is 0 Å². The quantitative estimate of drug-likeness (QED) is 0.159. The average molecular weight is 641 g/mol. The number of rotatable bonds is 7. The highest BCUT2D eigenvalue weighted by atomic mass is 15.1. The molecule has 9 aromatic rings. The van der Waals surface area contributed by atoms with E-state index in [0.717, 1.165) is 35.4 Å². The van der Waals surface area contributed by atoms with Crippen LogP contribution in [0.2, 0.25) is 0 Å². The third-order valence-corrected chi connectivity index (χ3v) is 9.93. The third-order valence-electron chi connectivity index (χ3n) is 9.93. The Balaban J connectivity index is 1.26. The Hall–Kier alpha value is -6.25. The van der Waals surface area contributed by atoms with Gasteiger partial charge in [0.25, 0.3) is 0 Å². The Morgan fingerprint density at radius 2 is 0.900 bits per heavy atom. The predicted molar refractivity (Wildman–Crippen MR) is 212 cm³/mol. The van der Waals surface area contributed by atoms with E-state index in [4.69, 9.17) is 4.98 Å². The van der Waals surface area contributed by atoms with Gasteiger partial charge < -0.3 is 0 Å². The molecule has 0 aliphatic rings. The monoisotopic (exact) mass is 640 g/mol. The zero-order valence-corrected chi connectivity index (χ0v) is 28.1. The fourth-order valence-corrected chi connectivity index (χ4v) is 7.60. The van der Waals surface area contributed by atoms with Crippen LogP contribution >= 0.6 is 0 Å². The fraction of sp³-hybridized carbons (Fsp3) is 0.0625. The van der Waals surface area contributed by atoms with Gasteiger partial charge in [-0.25, -0.2) is 4.98 Å². The van der Waals surface area contributed by atoms with E-state index in [1.165, 1.54) is 66.1 Å². The largest absolute Gasteiger partial charge is 0.296 e. The van der Waals surface area contributed by atoms with E-state index >= 15 is 0 Å². The molecule has 0 amide bonds. The molecule has 9 rings (SSSR count). The summed E-state index contributed by atoms with van der Waals surface area (Å²) in [4.78, 5) is 5.00. The molecule has 0 aliphatic heterocycles. The van der Waals surface area contributed by atoms with Gasteiger partial charge >= 0.3 is 0 Å². The molecule has 0 fully saturated rings. The highest BCUT2D eigenvalue weighted by molar-refractivity contribution is 6.22. The lowest BCUT2D eigenvalue weighted by Crippen LogP contribution is -2.01. The van der Waals surface area contributed by atoms with Gasteiger partial charge in [-0.3, -0.25) is 4.57 Å². The van der Waals surface area contributed by atoms with Crippen LogP contribution in [-0.2, 0) is 6.42 Å². The lowest BCUT2D eigenvalue weighted by Gasteiger charge is -2.19. The third kappa shape index (κ3) is 5.17. The van der Waals surface area contributed by atoms with Crippen LogP contribution < -0.4 is 0 Å². The summed E-state index contributed by atoms with van der Waals surface area (Å²) >= 11 is 0. The molecule has 0 aliphatic carbocycles. The van der Waals surface area contributed by atoms with E-state index in [1.807, 2.05) is 0 Å². The van der Waals surface area contributed by atoms with Crippen LogP contribution in [0.5, 0.6) is 0 Å². The summed E-state index contributed by atoms with van der Waals surface area (Å²) in [6, 6.07) is 63.9. The molecular formula is C48H36N2. The molecule has 238 valence electrons. The Kier molecular flexibility index (Phi) is 7.55. The molecule has 2 nitrogen and oxygen atoms in total. The number of hydrogen-bond acceptors (Lipinski definition) is 1. The summed E-state index contributed by atoms with van der Waals surface area (Å²) in [5.41, 5.74) is 13.2. The molecule has 0 spiro atoms. The van der Waals surface area contributed by atoms with E-state index in [0.29, 0.717) is 0 Å². The van der Waals surface area contributed by atoms with Crippen LogP contribution in [0.25, 0.3) is 82.8 Å². The summed E-state index contributed by atoms with van der Waals surface area (Å²) in [5, 5.41) is 5.00. The number of para-hydroxylation sites is 2. The molecule has 1 aromatic heterocycles. The number of aryl methyl sites for hydroxylation is 1. The highest BCUT2D eigenvalue weighted by Gasteiger charge is 2.19. The molecule has 0 radical (unpaired) electrons. The first-order valence-electron chi connectivity index (χ1n) is 17.5. The van der Waals surface area contributed by atoms with Gasteiger partial charge in [0.2, 0.25) is 0 Å². The van der Waals surface area contributed by atoms with Crippen LogP contribution in [0, 0.1) is 0 Å². The zero-order valence-electron chi connectivity index (χ0n) is 28.1. The van der Waals surface area contributed by atoms with Crippen molar-refractivity contribution in [2.45, 2.75) is 19.8 Å². The lowest BCUT2D eigenvalue weighted by molar-refractivity contribution is 0.818. The van der Waals surface area contributed by atoms with Crippen molar-refractivity contribution in [3.63, 3.8) is 0 Å².